The van der Waals surface area contributed by atoms with Gasteiger partial charge in [0.05, 0.1) is 19.3 Å². The Balaban J connectivity index is 3.21. The fourth-order valence-corrected chi connectivity index (χ4v) is 0.633. The lowest BCUT2D eigenvalue weighted by molar-refractivity contribution is 0.0203. The molecular formula is C6H15NO3. The lowest BCUT2D eigenvalue weighted by atomic mass is 10.3. The first-order valence-corrected chi connectivity index (χ1v) is 3.38. The van der Waals surface area contributed by atoms with Crippen LogP contribution >= 0.6 is 0 Å². The number of ether oxygens (including phenoxy) is 1. The van der Waals surface area contributed by atoms with Crippen LogP contribution in [0.3, 0.4) is 0 Å². The molecule has 0 aliphatic carbocycles. The lowest BCUT2D eigenvalue weighted by Gasteiger charge is -2.12. The summed E-state index contributed by atoms with van der Waals surface area (Å²) in [5, 5.41) is 16.8. The first kappa shape index (κ1) is 9.84. The largest absolute Gasteiger partial charge is 0.396 e. The molecule has 0 rings (SSSR count). The van der Waals surface area contributed by atoms with Crippen LogP contribution in [0, 0.1) is 0 Å². The number of nitrogens with two attached hydrogens (primary N) is 1. The van der Waals surface area contributed by atoms with Crippen LogP contribution in [0.15, 0.2) is 0 Å². The Bertz CT molecular complexity index is 70.0. The molecular weight excluding hydrogens is 134 g/mol. The van der Waals surface area contributed by atoms with Gasteiger partial charge in [0.2, 0.25) is 0 Å². The Labute approximate surface area is 60.6 Å². The van der Waals surface area contributed by atoms with Crippen LogP contribution in [0.4, 0.5) is 0 Å². The third-order valence-corrected chi connectivity index (χ3v) is 1.16. The van der Waals surface area contributed by atoms with Crippen molar-refractivity contribution in [3.63, 3.8) is 0 Å². The smallest absolute Gasteiger partial charge is 0.0720 e. The fraction of sp³-hybridized carbons (Fsp3) is 1.00. The van der Waals surface area contributed by atoms with E-state index in [1.165, 1.54) is 0 Å². The van der Waals surface area contributed by atoms with Crippen LogP contribution in [0.25, 0.3) is 0 Å². The molecule has 0 saturated carbocycles. The first-order chi connectivity index (χ1) is 4.85. The van der Waals surface area contributed by atoms with Crippen LogP contribution in [-0.2, 0) is 4.74 Å². The quantitative estimate of drug-likeness (QED) is 0.439. The van der Waals surface area contributed by atoms with Gasteiger partial charge in [0, 0.05) is 13.2 Å². The monoisotopic (exact) mass is 149 g/mol. The zero-order chi connectivity index (χ0) is 7.82. The number of aliphatic hydroxyl groups excluding tert-OH is 2. The van der Waals surface area contributed by atoms with Crippen molar-refractivity contribution >= 4 is 0 Å². The predicted molar refractivity (Wildman–Crippen MR) is 37.6 cm³/mol. The molecule has 0 radical (unpaired) electrons. The van der Waals surface area contributed by atoms with Crippen molar-refractivity contribution in [1.82, 2.24) is 0 Å². The molecule has 0 bridgehead atoms. The molecule has 1 atom stereocenters. The van der Waals surface area contributed by atoms with Gasteiger partial charge in [-0.1, -0.05) is 0 Å². The third-order valence-electron chi connectivity index (χ3n) is 1.16. The zero-order valence-corrected chi connectivity index (χ0v) is 5.99. The van der Waals surface area contributed by atoms with Gasteiger partial charge in [-0.05, 0) is 6.42 Å². The lowest BCUT2D eigenvalue weighted by Crippen LogP contribution is -2.26. The predicted octanol–water partition coefficient (Wildman–Crippen LogP) is -1.30. The van der Waals surface area contributed by atoms with E-state index in [9.17, 15) is 0 Å². The first-order valence-electron chi connectivity index (χ1n) is 3.38. The summed E-state index contributed by atoms with van der Waals surface area (Å²) in [7, 11) is 0. The molecule has 0 aliphatic heterocycles. The summed E-state index contributed by atoms with van der Waals surface area (Å²) in [6.45, 7) is 0.762. The topological polar surface area (TPSA) is 75.7 Å². The van der Waals surface area contributed by atoms with Gasteiger partial charge in [-0.15, -0.1) is 0 Å². The average molecular weight is 149 g/mol. The fourth-order valence-electron chi connectivity index (χ4n) is 0.633. The van der Waals surface area contributed by atoms with Gasteiger partial charge in [0.15, 0.2) is 0 Å². The minimum Gasteiger partial charge on any atom is -0.396 e. The van der Waals surface area contributed by atoms with Crippen LogP contribution in [0.5, 0.6) is 0 Å². The molecule has 62 valence electrons. The molecule has 0 fully saturated rings. The number of rotatable bonds is 6. The summed E-state index contributed by atoms with van der Waals surface area (Å²) in [5.41, 5.74) is 5.28. The highest BCUT2D eigenvalue weighted by molar-refractivity contribution is 4.56. The van der Waals surface area contributed by atoms with Crippen LogP contribution in [-0.4, -0.2) is 42.7 Å². The van der Waals surface area contributed by atoms with Gasteiger partial charge >= 0.3 is 0 Å². The Morgan fingerprint density at radius 1 is 1.30 bits per heavy atom. The van der Waals surface area contributed by atoms with Crippen LogP contribution in [0.2, 0.25) is 0 Å². The average Bonchev–Trinajstić information content (AvgIpc) is 1.98. The minimum absolute atomic E-state index is 0.00191. The molecule has 0 aromatic rings. The van der Waals surface area contributed by atoms with Crippen molar-refractivity contribution in [1.29, 1.82) is 0 Å². The summed E-state index contributed by atoms with van der Waals surface area (Å²) >= 11 is 0. The molecule has 4 N–H and O–H groups in total. The van der Waals surface area contributed by atoms with Gasteiger partial charge < -0.3 is 20.7 Å². The maximum Gasteiger partial charge on any atom is 0.0720 e. The molecule has 0 aromatic carbocycles. The molecule has 0 aromatic heterocycles. The summed E-state index contributed by atoms with van der Waals surface area (Å²) in [5.74, 6) is 0. The van der Waals surface area contributed by atoms with Crippen molar-refractivity contribution in [2.24, 2.45) is 5.73 Å². The van der Waals surface area contributed by atoms with E-state index < -0.39 is 0 Å². The van der Waals surface area contributed by atoms with Gasteiger partial charge in [-0.3, -0.25) is 0 Å². The van der Waals surface area contributed by atoms with E-state index in [-0.39, 0.29) is 19.3 Å². The summed E-state index contributed by atoms with van der Waals surface area (Å²) < 4.78 is 5.05. The van der Waals surface area contributed by atoms with Gasteiger partial charge in [-0.2, -0.15) is 0 Å². The van der Waals surface area contributed by atoms with Gasteiger partial charge in [0.1, 0.15) is 0 Å². The van der Waals surface area contributed by atoms with E-state index in [2.05, 4.69) is 0 Å². The van der Waals surface area contributed by atoms with E-state index in [4.69, 9.17) is 20.7 Å². The SMILES string of the molecule is NCC(CCO)OCCO. The Kier molecular flexibility index (Phi) is 6.84. The molecule has 0 heterocycles. The standard InChI is InChI=1S/C6H15NO3/c7-5-6(1-2-8)10-4-3-9/h6,8-9H,1-5,7H2. The van der Waals surface area contributed by atoms with E-state index >= 15 is 0 Å². The van der Waals surface area contributed by atoms with E-state index in [0.29, 0.717) is 19.6 Å². The molecule has 0 spiro atoms. The molecule has 1 unspecified atom stereocenters. The highest BCUT2D eigenvalue weighted by atomic mass is 16.5. The molecule has 10 heavy (non-hydrogen) atoms. The van der Waals surface area contributed by atoms with Crippen molar-refractivity contribution in [3.05, 3.63) is 0 Å². The number of aliphatic hydroxyl groups is 2. The Morgan fingerprint density at radius 3 is 2.40 bits per heavy atom. The second kappa shape index (κ2) is 6.95. The van der Waals surface area contributed by atoms with Crippen molar-refractivity contribution in [2.75, 3.05) is 26.4 Å². The summed E-state index contributed by atoms with van der Waals surface area (Å²) in [6, 6.07) is 0. The van der Waals surface area contributed by atoms with E-state index in [1.807, 2.05) is 0 Å². The molecule has 4 nitrogen and oxygen atoms in total. The second-order valence-electron chi connectivity index (χ2n) is 1.96. The third kappa shape index (κ3) is 4.69. The highest BCUT2D eigenvalue weighted by Crippen LogP contribution is 1.94. The molecule has 4 heteroatoms. The molecule has 0 aliphatic rings. The number of hydrogen-bond acceptors (Lipinski definition) is 4. The zero-order valence-electron chi connectivity index (χ0n) is 5.99. The maximum atomic E-state index is 8.47. The minimum atomic E-state index is -0.114. The second-order valence-corrected chi connectivity index (χ2v) is 1.96. The molecule has 0 saturated heterocycles. The van der Waals surface area contributed by atoms with Gasteiger partial charge in [0.25, 0.3) is 0 Å². The Hall–Kier alpha value is -0.160. The Morgan fingerprint density at radius 2 is 2.00 bits per heavy atom. The highest BCUT2D eigenvalue weighted by Gasteiger charge is 2.03. The van der Waals surface area contributed by atoms with Crippen molar-refractivity contribution in [3.8, 4) is 0 Å². The van der Waals surface area contributed by atoms with Crippen LogP contribution < -0.4 is 5.73 Å². The van der Waals surface area contributed by atoms with Gasteiger partial charge in [-0.25, -0.2) is 0 Å². The number of hydrogen-bond donors (Lipinski definition) is 3. The summed E-state index contributed by atoms with van der Waals surface area (Å²) in [4.78, 5) is 0. The molecule has 0 amide bonds. The van der Waals surface area contributed by atoms with Crippen LogP contribution in [0.1, 0.15) is 6.42 Å². The van der Waals surface area contributed by atoms with Crippen molar-refractivity contribution < 1.29 is 14.9 Å². The maximum absolute atomic E-state index is 8.47. The van der Waals surface area contributed by atoms with Crippen molar-refractivity contribution in [2.45, 2.75) is 12.5 Å². The van der Waals surface area contributed by atoms with E-state index in [1.54, 1.807) is 0 Å². The summed E-state index contributed by atoms with van der Waals surface area (Å²) in [6.07, 6.45) is 0.424. The normalized spacial score (nSPS) is 13.5. The van der Waals surface area contributed by atoms with E-state index in [0.717, 1.165) is 0 Å².